The molecule has 0 unspecified atom stereocenters. The fraction of sp³-hybridized carbons (Fsp3) is 0.179. The molecule has 7 nitrogen and oxygen atoms in total. The number of rotatable bonds is 8. The molecule has 200 valence electrons. The molecule has 4 aromatic rings. The van der Waals surface area contributed by atoms with Crippen LogP contribution >= 0.6 is 22.7 Å². The van der Waals surface area contributed by atoms with E-state index >= 15 is 0 Å². The number of thiophene rings is 1. The Morgan fingerprint density at radius 2 is 1.92 bits per heavy atom. The molecule has 11 heteroatoms. The third kappa shape index (κ3) is 5.27. The van der Waals surface area contributed by atoms with Gasteiger partial charge in [0.2, 0.25) is 0 Å². The number of ether oxygens (including phenoxy) is 3. The predicted octanol–water partition coefficient (Wildman–Crippen LogP) is 4.61. The second-order valence-corrected chi connectivity index (χ2v) is 10.2. The van der Waals surface area contributed by atoms with Gasteiger partial charge < -0.3 is 14.2 Å². The third-order valence-electron chi connectivity index (χ3n) is 5.89. The van der Waals surface area contributed by atoms with Crippen LogP contribution in [0.3, 0.4) is 0 Å². The summed E-state index contributed by atoms with van der Waals surface area (Å²) in [5.41, 5.74) is 1.63. The molecular weight excluding hydrogens is 546 g/mol. The lowest BCUT2D eigenvalue weighted by Crippen LogP contribution is -2.39. The number of alkyl halides is 2. The average molecular weight is 569 g/mol. The summed E-state index contributed by atoms with van der Waals surface area (Å²) in [6.07, 6.45) is 1.63. The van der Waals surface area contributed by atoms with Crippen LogP contribution in [-0.4, -0.2) is 30.9 Å². The number of nitrogens with zero attached hydrogens (tertiary/aromatic N) is 2. The topological polar surface area (TPSA) is 79.1 Å². The summed E-state index contributed by atoms with van der Waals surface area (Å²) in [6, 6.07) is 16.7. The van der Waals surface area contributed by atoms with Crippen LogP contribution in [0.1, 0.15) is 29.0 Å². The van der Waals surface area contributed by atoms with Crippen molar-refractivity contribution in [3.05, 3.63) is 107 Å². The minimum Gasteiger partial charge on any atom is -0.493 e. The van der Waals surface area contributed by atoms with Crippen molar-refractivity contribution >= 4 is 40.4 Å². The molecule has 0 N–H and O–H groups in total. The molecule has 0 radical (unpaired) electrons. The van der Waals surface area contributed by atoms with Crippen LogP contribution in [0.4, 0.5) is 8.78 Å². The van der Waals surface area contributed by atoms with Crippen LogP contribution in [0.15, 0.2) is 81.4 Å². The quantitative estimate of drug-likeness (QED) is 0.290. The number of carbonyl (C=O) groups excluding carboxylic acids is 1. The fourth-order valence-electron chi connectivity index (χ4n) is 4.28. The lowest BCUT2D eigenvalue weighted by Gasteiger charge is -2.24. The van der Waals surface area contributed by atoms with Gasteiger partial charge in [-0.3, -0.25) is 9.36 Å². The van der Waals surface area contributed by atoms with Crippen molar-refractivity contribution < 1.29 is 27.8 Å². The van der Waals surface area contributed by atoms with E-state index in [0.29, 0.717) is 20.6 Å². The van der Waals surface area contributed by atoms with E-state index in [-0.39, 0.29) is 29.2 Å². The van der Waals surface area contributed by atoms with Crippen molar-refractivity contribution in [1.82, 2.24) is 4.57 Å². The van der Waals surface area contributed by atoms with Gasteiger partial charge in [0.15, 0.2) is 16.3 Å². The Hall–Kier alpha value is -4.09. The highest BCUT2D eigenvalue weighted by atomic mass is 32.1. The molecule has 0 aliphatic carbocycles. The molecule has 39 heavy (non-hydrogen) atoms. The standard InChI is InChI=1S/C28H22F2N2O5S2/c1-3-36-26(34)22-23(17-8-5-4-6-9-17)31-28-32(24(22)20-10-7-13-38-20)25(33)21(39-28)15-16-11-12-18(37-27(29)30)19(14-16)35-2/h4-15,24,27H,3H2,1-2H3/b21-15+/t24-/m0/s1. The second-order valence-electron chi connectivity index (χ2n) is 8.24. The highest BCUT2D eigenvalue weighted by Gasteiger charge is 2.35. The van der Waals surface area contributed by atoms with Gasteiger partial charge in [0, 0.05) is 10.4 Å². The number of esters is 1. The van der Waals surface area contributed by atoms with E-state index in [0.717, 1.165) is 10.4 Å². The van der Waals surface area contributed by atoms with Gasteiger partial charge in [-0.2, -0.15) is 8.78 Å². The van der Waals surface area contributed by atoms with Crippen molar-refractivity contribution in [1.29, 1.82) is 0 Å². The Bertz CT molecular complexity index is 1710. The minimum absolute atomic E-state index is 0.101. The maximum atomic E-state index is 13.8. The van der Waals surface area contributed by atoms with Crippen LogP contribution in [0, 0.1) is 0 Å². The number of fused-ring (bicyclic) bond motifs is 1. The summed E-state index contributed by atoms with van der Waals surface area (Å²) in [5.74, 6) is -0.563. The monoisotopic (exact) mass is 568 g/mol. The van der Waals surface area contributed by atoms with E-state index in [4.69, 9.17) is 14.5 Å². The molecule has 1 aliphatic rings. The van der Waals surface area contributed by atoms with Gasteiger partial charge in [-0.25, -0.2) is 9.79 Å². The van der Waals surface area contributed by atoms with E-state index in [1.165, 1.54) is 46.5 Å². The van der Waals surface area contributed by atoms with Gasteiger partial charge in [-0.1, -0.05) is 53.8 Å². The SMILES string of the molecule is CCOC(=O)C1=C(c2ccccc2)N=c2s/c(=C/c3ccc(OC(F)F)c(OC)c3)c(=O)n2[C@H]1c1cccs1. The molecule has 3 heterocycles. The first-order valence-electron chi connectivity index (χ1n) is 11.9. The molecule has 1 aliphatic heterocycles. The first-order valence-corrected chi connectivity index (χ1v) is 13.6. The molecule has 0 bridgehead atoms. The molecule has 0 fully saturated rings. The molecule has 0 saturated heterocycles. The zero-order valence-electron chi connectivity index (χ0n) is 20.8. The largest absolute Gasteiger partial charge is 0.493 e. The number of benzene rings is 2. The smallest absolute Gasteiger partial charge is 0.387 e. The molecule has 0 amide bonds. The van der Waals surface area contributed by atoms with Crippen LogP contribution in [0.2, 0.25) is 0 Å². The van der Waals surface area contributed by atoms with Crippen molar-refractivity contribution in [3.63, 3.8) is 0 Å². The van der Waals surface area contributed by atoms with E-state index in [1.807, 2.05) is 47.8 Å². The lowest BCUT2D eigenvalue weighted by molar-refractivity contribution is -0.138. The van der Waals surface area contributed by atoms with E-state index in [1.54, 1.807) is 19.1 Å². The Labute approximate surface area is 229 Å². The number of carbonyl (C=O) groups is 1. The summed E-state index contributed by atoms with van der Waals surface area (Å²) in [7, 11) is 1.34. The summed E-state index contributed by atoms with van der Waals surface area (Å²) >= 11 is 2.59. The van der Waals surface area contributed by atoms with Crippen LogP contribution in [0.25, 0.3) is 11.8 Å². The van der Waals surface area contributed by atoms with Crippen molar-refractivity contribution in [2.24, 2.45) is 4.99 Å². The zero-order chi connectivity index (χ0) is 27.5. The Morgan fingerprint density at radius 3 is 2.59 bits per heavy atom. The number of hydrogen-bond acceptors (Lipinski definition) is 8. The second kappa shape index (κ2) is 11.3. The number of thiazole rings is 1. The molecule has 5 rings (SSSR count). The Balaban J connectivity index is 1.73. The number of hydrogen-bond donors (Lipinski definition) is 0. The zero-order valence-corrected chi connectivity index (χ0v) is 22.4. The maximum absolute atomic E-state index is 13.8. The van der Waals surface area contributed by atoms with Crippen LogP contribution < -0.4 is 24.4 Å². The molecule has 2 aromatic heterocycles. The van der Waals surface area contributed by atoms with E-state index in [2.05, 4.69) is 4.74 Å². The summed E-state index contributed by atoms with van der Waals surface area (Å²) in [5, 5.41) is 1.88. The normalized spacial score (nSPS) is 15.2. The number of halogens is 2. The van der Waals surface area contributed by atoms with Gasteiger partial charge in [0.1, 0.15) is 6.04 Å². The molecule has 0 spiro atoms. The van der Waals surface area contributed by atoms with Gasteiger partial charge in [-0.15, -0.1) is 11.3 Å². The third-order valence-corrected chi connectivity index (χ3v) is 7.80. The van der Waals surface area contributed by atoms with Gasteiger partial charge in [0.25, 0.3) is 5.56 Å². The van der Waals surface area contributed by atoms with Crippen molar-refractivity contribution in [3.8, 4) is 11.5 Å². The lowest BCUT2D eigenvalue weighted by atomic mass is 9.97. The van der Waals surface area contributed by atoms with Gasteiger partial charge >= 0.3 is 12.6 Å². The van der Waals surface area contributed by atoms with Crippen molar-refractivity contribution in [2.45, 2.75) is 19.6 Å². The average Bonchev–Trinajstić information content (AvgIpc) is 3.57. The van der Waals surface area contributed by atoms with Crippen LogP contribution in [0.5, 0.6) is 11.5 Å². The Kier molecular flexibility index (Phi) is 7.71. The summed E-state index contributed by atoms with van der Waals surface area (Å²) in [6.45, 7) is -1.11. The van der Waals surface area contributed by atoms with E-state index in [9.17, 15) is 18.4 Å². The first kappa shape index (κ1) is 26.5. The number of aromatic nitrogens is 1. The van der Waals surface area contributed by atoms with E-state index < -0.39 is 18.6 Å². The minimum atomic E-state index is -3.00. The highest BCUT2D eigenvalue weighted by Crippen LogP contribution is 2.37. The molecule has 1 atom stereocenters. The van der Waals surface area contributed by atoms with Gasteiger partial charge in [0.05, 0.1) is 29.5 Å². The van der Waals surface area contributed by atoms with Crippen LogP contribution in [-0.2, 0) is 9.53 Å². The number of methoxy groups -OCH3 is 1. The molecular formula is C28H22F2N2O5S2. The first-order chi connectivity index (χ1) is 18.9. The molecule has 2 aromatic carbocycles. The summed E-state index contributed by atoms with van der Waals surface area (Å²) in [4.78, 5) is 33.1. The van der Waals surface area contributed by atoms with Crippen molar-refractivity contribution in [2.75, 3.05) is 13.7 Å². The predicted molar refractivity (Wildman–Crippen MR) is 145 cm³/mol. The fourth-order valence-corrected chi connectivity index (χ4v) is 6.10. The molecule has 0 saturated carbocycles. The highest BCUT2D eigenvalue weighted by molar-refractivity contribution is 7.10. The Morgan fingerprint density at radius 1 is 1.13 bits per heavy atom. The summed E-state index contributed by atoms with van der Waals surface area (Å²) < 4.78 is 42.5. The van der Waals surface area contributed by atoms with Gasteiger partial charge in [-0.05, 0) is 42.1 Å². The maximum Gasteiger partial charge on any atom is 0.387 e.